The van der Waals surface area contributed by atoms with Gasteiger partial charge in [-0.05, 0) is 48.6 Å². The molecule has 1 saturated carbocycles. The molecule has 0 saturated heterocycles. The Hall–Kier alpha value is -2.64. The van der Waals surface area contributed by atoms with Crippen LogP contribution in [0.1, 0.15) is 36.4 Å². The van der Waals surface area contributed by atoms with Crippen molar-refractivity contribution in [2.45, 2.75) is 31.8 Å². The fourth-order valence-corrected chi connectivity index (χ4v) is 3.52. The van der Waals surface area contributed by atoms with E-state index in [1.165, 1.54) is 25.3 Å². The summed E-state index contributed by atoms with van der Waals surface area (Å²) in [6, 6.07) is 13.1. The predicted octanol–water partition coefficient (Wildman–Crippen LogP) is 4.50. The number of hydrogen-bond donors (Lipinski definition) is 1. The molecule has 1 aliphatic rings. The zero-order chi connectivity index (χ0) is 16.7. The molecule has 24 heavy (non-hydrogen) atoms. The molecular formula is C20H18FN3. The fourth-order valence-electron chi connectivity index (χ4n) is 3.52. The lowest BCUT2D eigenvalue weighted by Crippen LogP contribution is -2.15. The van der Waals surface area contributed by atoms with Gasteiger partial charge in [0.2, 0.25) is 0 Å². The highest BCUT2D eigenvalue weighted by Gasteiger charge is 2.22. The molecule has 0 aliphatic heterocycles. The third-order valence-corrected chi connectivity index (χ3v) is 5.03. The summed E-state index contributed by atoms with van der Waals surface area (Å²) < 4.78 is 16.6. The maximum Gasteiger partial charge on any atom is 0.132 e. The topological polar surface area (TPSA) is 54.7 Å². The molecule has 120 valence electrons. The van der Waals surface area contributed by atoms with Crippen LogP contribution in [0.5, 0.6) is 0 Å². The van der Waals surface area contributed by atoms with Gasteiger partial charge in [0, 0.05) is 35.2 Å². The van der Waals surface area contributed by atoms with E-state index in [4.69, 9.17) is 5.73 Å². The predicted molar refractivity (Wildman–Crippen MR) is 92.8 cm³/mol. The first-order valence-corrected chi connectivity index (χ1v) is 8.25. The molecule has 1 heterocycles. The van der Waals surface area contributed by atoms with Gasteiger partial charge < -0.3 is 10.3 Å². The molecule has 0 unspecified atom stereocenters. The van der Waals surface area contributed by atoms with Gasteiger partial charge in [0.25, 0.3) is 0 Å². The third kappa shape index (κ3) is 2.21. The van der Waals surface area contributed by atoms with Gasteiger partial charge in [0.05, 0.1) is 11.6 Å². The monoisotopic (exact) mass is 319 g/mol. The largest absolute Gasteiger partial charge is 0.344 e. The van der Waals surface area contributed by atoms with Crippen LogP contribution in [0.3, 0.4) is 0 Å². The van der Waals surface area contributed by atoms with E-state index in [0.29, 0.717) is 23.7 Å². The summed E-state index contributed by atoms with van der Waals surface area (Å²) in [4.78, 5) is 0. The van der Waals surface area contributed by atoms with Crippen LogP contribution in [0.4, 0.5) is 4.39 Å². The van der Waals surface area contributed by atoms with E-state index < -0.39 is 0 Å². The van der Waals surface area contributed by atoms with Crippen molar-refractivity contribution in [3.8, 4) is 17.2 Å². The molecule has 1 fully saturated rings. The van der Waals surface area contributed by atoms with Gasteiger partial charge in [0.15, 0.2) is 0 Å². The van der Waals surface area contributed by atoms with Crippen LogP contribution in [-0.4, -0.2) is 4.57 Å². The quantitative estimate of drug-likeness (QED) is 0.772. The van der Waals surface area contributed by atoms with Crippen molar-refractivity contribution >= 4 is 10.9 Å². The van der Waals surface area contributed by atoms with Crippen molar-refractivity contribution in [1.82, 2.24) is 4.57 Å². The first kappa shape index (κ1) is 14.9. The molecule has 0 radical (unpaired) electrons. The maximum atomic E-state index is 14.4. The lowest BCUT2D eigenvalue weighted by atomic mass is 9.92. The minimum atomic E-state index is -0.366. The molecule has 1 aromatic heterocycles. The number of nitrogens with two attached hydrogens (primary N) is 1. The SMILES string of the molecule is N#Cc1cccc(F)c1-c1ccc2c(CN)cn(C3CCC3)c2c1. The Kier molecular flexibility index (Phi) is 3.59. The molecule has 2 aromatic carbocycles. The Bertz CT molecular complexity index is 961. The molecule has 0 atom stereocenters. The van der Waals surface area contributed by atoms with Crippen molar-refractivity contribution in [2.24, 2.45) is 5.73 Å². The van der Waals surface area contributed by atoms with Gasteiger partial charge in [-0.15, -0.1) is 0 Å². The average molecular weight is 319 g/mol. The first-order chi connectivity index (χ1) is 11.7. The van der Waals surface area contributed by atoms with E-state index in [1.54, 1.807) is 12.1 Å². The Morgan fingerprint density at radius 3 is 2.75 bits per heavy atom. The summed E-state index contributed by atoms with van der Waals surface area (Å²) in [5.41, 5.74) is 9.54. The van der Waals surface area contributed by atoms with Crippen molar-refractivity contribution in [2.75, 3.05) is 0 Å². The molecule has 0 amide bonds. The van der Waals surface area contributed by atoms with Gasteiger partial charge in [-0.3, -0.25) is 0 Å². The van der Waals surface area contributed by atoms with E-state index in [1.807, 2.05) is 18.2 Å². The summed E-state index contributed by atoms with van der Waals surface area (Å²) >= 11 is 0. The maximum absolute atomic E-state index is 14.4. The summed E-state index contributed by atoms with van der Waals surface area (Å²) in [7, 11) is 0. The van der Waals surface area contributed by atoms with E-state index in [-0.39, 0.29) is 5.82 Å². The molecule has 0 spiro atoms. The van der Waals surface area contributed by atoms with E-state index in [0.717, 1.165) is 22.0 Å². The summed E-state index contributed by atoms with van der Waals surface area (Å²) in [6.07, 6.45) is 5.71. The average Bonchev–Trinajstić information content (AvgIpc) is 2.91. The highest BCUT2D eigenvalue weighted by atomic mass is 19.1. The number of nitrogens with zero attached hydrogens (tertiary/aromatic N) is 2. The number of halogens is 1. The Morgan fingerprint density at radius 1 is 1.25 bits per heavy atom. The summed E-state index contributed by atoms with van der Waals surface area (Å²) in [5.74, 6) is -0.366. The normalized spacial score (nSPS) is 14.5. The van der Waals surface area contributed by atoms with Crippen LogP contribution >= 0.6 is 0 Å². The molecule has 0 bridgehead atoms. The van der Waals surface area contributed by atoms with Crippen molar-refractivity contribution in [3.63, 3.8) is 0 Å². The lowest BCUT2D eigenvalue weighted by molar-refractivity contribution is 0.321. The van der Waals surface area contributed by atoms with Crippen LogP contribution in [-0.2, 0) is 6.54 Å². The minimum Gasteiger partial charge on any atom is -0.344 e. The highest BCUT2D eigenvalue weighted by molar-refractivity contribution is 5.89. The minimum absolute atomic E-state index is 0.357. The fraction of sp³-hybridized carbons (Fsp3) is 0.250. The van der Waals surface area contributed by atoms with Crippen LogP contribution in [0.25, 0.3) is 22.0 Å². The van der Waals surface area contributed by atoms with Crippen molar-refractivity contribution in [1.29, 1.82) is 5.26 Å². The van der Waals surface area contributed by atoms with Gasteiger partial charge in [-0.25, -0.2) is 4.39 Å². The van der Waals surface area contributed by atoms with Crippen molar-refractivity contribution < 1.29 is 4.39 Å². The van der Waals surface area contributed by atoms with Gasteiger partial charge >= 0.3 is 0 Å². The van der Waals surface area contributed by atoms with Crippen LogP contribution in [0, 0.1) is 17.1 Å². The number of aromatic nitrogens is 1. The molecular weight excluding hydrogens is 301 g/mol. The second-order valence-electron chi connectivity index (χ2n) is 6.36. The molecule has 2 N–H and O–H groups in total. The molecule has 4 rings (SSSR count). The lowest BCUT2D eigenvalue weighted by Gasteiger charge is -2.28. The van der Waals surface area contributed by atoms with Gasteiger partial charge in [-0.2, -0.15) is 5.26 Å². The number of fused-ring (bicyclic) bond motifs is 1. The molecule has 3 aromatic rings. The Labute approximate surface area is 140 Å². The smallest absolute Gasteiger partial charge is 0.132 e. The van der Waals surface area contributed by atoms with Crippen LogP contribution in [0.15, 0.2) is 42.6 Å². The van der Waals surface area contributed by atoms with Crippen LogP contribution in [0.2, 0.25) is 0 Å². The summed E-state index contributed by atoms with van der Waals surface area (Å²) in [6.45, 7) is 0.485. The highest BCUT2D eigenvalue weighted by Crippen LogP contribution is 2.38. The first-order valence-electron chi connectivity index (χ1n) is 8.25. The standard InChI is InChI=1S/C20H18FN3/c21-18-6-1-3-14(10-22)20(18)13-7-8-17-15(11-23)12-24(19(17)9-13)16-4-2-5-16/h1,3,6-9,12,16H,2,4-5,11,23H2. The van der Waals surface area contributed by atoms with Crippen LogP contribution < -0.4 is 5.73 Å². The molecule has 3 nitrogen and oxygen atoms in total. The summed E-state index contributed by atoms with van der Waals surface area (Å²) in [5, 5.41) is 10.4. The second-order valence-corrected chi connectivity index (χ2v) is 6.36. The molecule has 4 heteroatoms. The zero-order valence-electron chi connectivity index (χ0n) is 13.3. The van der Waals surface area contributed by atoms with E-state index in [9.17, 15) is 9.65 Å². The zero-order valence-corrected chi connectivity index (χ0v) is 13.3. The van der Waals surface area contributed by atoms with E-state index >= 15 is 0 Å². The third-order valence-electron chi connectivity index (χ3n) is 5.03. The number of benzene rings is 2. The van der Waals surface area contributed by atoms with E-state index in [2.05, 4.69) is 16.8 Å². The number of hydrogen-bond acceptors (Lipinski definition) is 2. The Morgan fingerprint density at radius 2 is 2.08 bits per heavy atom. The second kappa shape index (κ2) is 5.77. The van der Waals surface area contributed by atoms with Gasteiger partial charge in [-0.1, -0.05) is 18.2 Å². The van der Waals surface area contributed by atoms with Crippen molar-refractivity contribution in [3.05, 3.63) is 59.5 Å². The Balaban J connectivity index is 1.94. The molecule has 1 aliphatic carbocycles. The number of nitriles is 1. The number of rotatable bonds is 3. The van der Waals surface area contributed by atoms with Gasteiger partial charge in [0.1, 0.15) is 5.82 Å².